The third kappa shape index (κ3) is 5.22. The third-order valence-corrected chi connectivity index (χ3v) is 5.34. The van der Waals surface area contributed by atoms with E-state index < -0.39 is 0 Å². The molecular formula is C21H28BrN3O2. The van der Waals surface area contributed by atoms with Crippen molar-refractivity contribution in [2.75, 3.05) is 5.32 Å². The van der Waals surface area contributed by atoms with Crippen LogP contribution in [-0.4, -0.2) is 16.9 Å². The van der Waals surface area contributed by atoms with Gasteiger partial charge < -0.3 is 15.6 Å². The van der Waals surface area contributed by atoms with Gasteiger partial charge in [0.2, 0.25) is 0 Å². The molecule has 0 fully saturated rings. The Balaban J connectivity index is 2.24. The molecule has 1 aromatic carbocycles. The van der Waals surface area contributed by atoms with Crippen molar-refractivity contribution in [3.8, 4) is 0 Å². The number of amides is 1. The summed E-state index contributed by atoms with van der Waals surface area (Å²) in [5.74, 6) is -0.194. The van der Waals surface area contributed by atoms with E-state index in [0.29, 0.717) is 17.2 Å². The topological polar surface area (TPSA) is 74.0 Å². The van der Waals surface area contributed by atoms with Crippen LogP contribution in [0.5, 0.6) is 0 Å². The molecule has 0 atom stereocenters. The number of anilines is 1. The molecule has 1 amide bonds. The predicted molar refractivity (Wildman–Crippen MR) is 115 cm³/mol. The third-order valence-electron chi connectivity index (χ3n) is 4.88. The van der Waals surface area contributed by atoms with Gasteiger partial charge in [0, 0.05) is 39.6 Å². The van der Waals surface area contributed by atoms with Crippen molar-refractivity contribution in [3.63, 3.8) is 0 Å². The fraction of sp³-hybridized carbons (Fsp3) is 0.429. The zero-order valence-electron chi connectivity index (χ0n) is 16.6. The fourth-order valence-corrected chi connectivity index (χ4v) is 3.60. The number of hydrogen-bond donors (Lipinski definition) is 3. The molecule has 0 spiro atoms. The minimum absolute atomic E-state index is 0.158. The van der Waals surface area contributed by atoms with Crippen LogP contribution in [0.25, 0.3) is 0 Å². The number of benzene rings is 1. The fourth-order valence-electron chi connectivity index (χ4n) is 3.14. The Hall–Kier alpha value is -2.08. The number of aromatic nitrogens is 1. The van der Waals surface area contributed by atoms with Gasteiger partial charge in [-0.3, -0.25) is 9.59 Å². The van der Waals surface area contributed by atoms with Crippen LogP contribution in [-0.2, 0) is 6.54 Å². The average Bonchev–Trinajstić information content (AvgIpc) is 2.60. The second-order valence-electron chi connectivity index (χ2n) is 6.91. The number of H-pyrrole nitrogens is 1. The second kappa shape index (κ2) is 9.22. The number of nitrogens with one attached hydrogen (secondary N) is 3. The molecule has 0 unspecified atom stereocenters. The highest BCUT2D eigenvalue weighted by Crippen LogP contribution is 2.26. The van der Waals surface area contributed by atoms with E-state index in [2.05, 4.69) is 45.4 Å². The van der Waals surface area contributed by atoms with Crippen LogP contribution >= 0.6 is 15.9 Å². The van der Waals surface area contributed by atoms with E-state index >= 15 is 0 Å². The number of carbonyl (C=O) groups is 1. The van der Waals surface area contributed by atoms with E-state index in [1.54, 1.807) is 0 Å². The Morgan fingerprint density at radius 2 is 1.81 bits per heavy atom. The molecule has 0 saturated carbocycles. The first-order valence-electron chi connectivity index (χ1n) is 9.31. The van der Waals surface area contributed by atoms with E-state index in [0.717, 1.165) is 39.8 Å². The van der Waals surface area contributed by atoms with Crippen molar-refractivity contribution >= 4 is 27.5 Å². The highest BCUT2D eigenvalue weighted by atomic mass is 79.9. The first kappa shape index (κ1) is 21.2. The number of halogens is 1. The first-order valence-corrected chi connectivity index (χ1v) is 10.1. The molecule has 1 heterocycles. The molecule has 2 rings (SSSR count). The van der Waals surface area contributed by atoms with Crippen molar-refractivity contribution in [2.45, 2.75) is 60.0 Å². The van der Waals surface area contributed by atoms with Crippen LogP contribution in [0, 0.1) is 20.8 Å². The van der Waals surface area contributed by atoms with Crippen LogP contribution in [0.1, 0.15) is 59.4 Å². The molecule has 0 saturated heterocycles. The average molecular weight is 434 g/mol. The molecule has 3 N–H and O–H groups in total. The summed E-state index contributed by atoms with van der Waals surface area (Å²) in [4.78, 5) is 27.7. The molecule has 146 valence electrons. The lowest BCUT2D eigenvalue weighted by atomic mass is 10.0. The maximum absolute atomic E-state index is 12.8. The van der Waals surface area contributed by atoms with Gasteiger partial charge in [-0.2, -0.15) is 0 Å². The van der Waals surface area contributed by atoms with E-state index in [9.17, 15) is 9.59 Å². The molecule has 0 aliphatic carbocycles. The summed E-state index contributed by atoms with van der Waals surface area (Å²) in [6, 6.07) is 6.08. The Morgan fingerprint density at radius 3 is 2.41 bits per heavy atom. The predicted octanol–water partition coefficient (Wildman–Crippen LogP) is 4.59. The second-order valence-corrected chi connectivity index (χ2v) is 7.83. The minimum Gasteiger partial charge on any atom is -0.382 e. The maximum atomic E-state index is 12.8. The maximum Gasteiger partial charge on any atom is 0.253 e. The normalized spacial score (nSPS) is 10.9. The monoisotopic (exact) mass is 433 g/mol. The van der Waals surface area contributed by atoms with Gasteiger partial charge in [-0.05, 0) is 62.9 Å². The molecule has 0 radical (unpaired) electrons. The van der Waals surface area contributed by atoms with Crippen molar-refractivity contribution < 1.29 is 4.79 Å². The minimum atomic E-state index is -0.194. The number of carbonyl (C=O) groups excluding carboxylic acids is 1. The molecular weight excluding hydrogens is 406 g/mol. The summed E-state index contributed by atoms with van der Waals surface area (Å²) in [7, 11) is 0. The van der Waals surface area contributed by atoms with Crippen molar-refractivity contribution in [1.82, 2.24) is 10.3 Å². The zero-order valence-corrected chi connectivity index (χ0v) is 18.2. The van der Waals surface area contributed by atoms with Gasteiger partial charge in [0.25, 0.3) is 11.5 Å². The van der Waals surface area contributed by atoms with Crippen molar-refractivity contribution in [1.29, 1.82) is 0 Å². The molecule has 0 aliphatic heterocycles. The smallest absolute Gasteiger partial charge is 0.253 e. The molecule has 6 heteroatoms. The summed E-state index contributed by atoms with van der Waals surface area (Å²) in [6.07, 6.45) is 2.03. The largest absolute Gasteiger partial charge is 0.382 e. The number of pyridine rings is 1. The Bertz CT molecular complexity index is 886. The van der Waals surface area contributed by atoms with Gasteiger partial charge in [0.15, 0.2) is 0 Å². The van der Waals surface area contributed by atoms with Crippen molar-refractivity contribution in [3.05, 3.63) is 61.0 Å². The van der Waals surface area contributed by atoms with E-state index in [1.807, 2.05) is 39.0 Å². The quantitative estimate of drug-likeness (QED) is 0.597. The SMILES string of the molecule is CCC(CC)Nc1cc(Br)cc(C(=O)NCc2c(C)cc(C)[nH]c2=O)c1C. The van der Waals surface area contributed by atoms with Gasteiger partial charge in [-0.15, -0.1) is 0 Å². The zero-order chi connectivity index (χ0) is 20.1. The number of aryl methyl sites for hydroxylation is 2. The van der Waals surface area contributed by atoms with E-state index in [-0.39, 0.29) is 18.0 Å². The summed E-state index contributed by atoms with van der Waals surface area (Å²) >= 11 is 3.50. The Kier molecular flexibility index (Phi) is 7.25. The lowest BCUT2D eigenvalue weighted by molar-refractivity contribution is 0.0950. The Morgan fingerprint density at radius 1 is 1.15 bits per heavy atom. The van der Waals surface area contributed by atoms with Gasteiger partial charge >= 0.3 is 0 Å². The molecule has 0 bridgehead atoms. The highest BCUT2D eigenvalue weighted by Gasteiger charge is 2.16. The number of hydrogen-bond acceptors (Lipinski definition) is 3. The lowest BCUT2D eigenvalue weighted by Gasteiger charge is -2.20. The summed E-state index contributed by atoms with van der Waals surface area (Å²) < 4.78 is 0.844. The molecule has 27 heavy (non-hydrogen) atoms. The standard InChI is InChI=1S/C21H28BrN3O2/c1-6-16(7-2)25-19-10-15(22)9-17(14(19)5)20(26)23-11-18-12(3)8-13(4)24-21(18)27/h8-10,16,25H,6-7,11H2,1-5H3,(H,23,26)(H,24,27). The Labute approximate surface area is 169 Å². The van der Waals surface area contributed by atoms with Crippen LogP contribution < -0.4 is 16.2 Å². The van der Waals surface area contributed by atoms with Crippen LogP contribution in [0.2, 0.25) is 0 Å². The highest BCUT2D eigenvalue weighted by molar-refractivity contribution is 9.10. The van der Waals surface area contributed by atoms with Crippen molar-refractivity contribution in [2.24, 2.45) is 0 Å². The van der Waals surface area contributed by atoms with E-state index in [4.69, 9.17) is 0 Å². The van der Waals surface area contributed by atoms with Crippen LogP contribution in [0.3, 0.4) is 0 Å². The lowest BCUT2D eigenvalue weighted by Crippen LogP contribution is -2.28. The molecule has 0 aliphatic rings. The molecule has 5 nitrogen and oxygen atoms in total. The van der Waals surface area contributed by atoms with E-state index in [1.165, 1.54) is 0 Å². The van der Waals surface area contributed by atoms with Gasteiger partial charge in [-0.25, -0.2) is 0 Å². The first-order chi connectivity index (χ1) is 12.8. The van der Waals surface area contributed by atoms with Gasteiger partial charge in [-0.1, -0.05) is 29.8 Å². The molecule has 1 aromatic heterocycles. The number of rotatable bonds is 7. The summed E-state index contributed by atoms with van der Waals surface area (Å²) in [6.45, 7) is 10.1. The summed E-state index contributed by atoms with van der Waals surface area (Å²) in [5, 5.41) is 6.40. The van der Waals surface area contributed by atoms with Gasteiger partial charge in [0.1, 0.15) is 0 Å². The van der Waals surface area contributed by atoms with Crippen LogP contribution in [0.4, 0.5) is 5.69 Å². The molecule has 2 aromatic rings. The number of aromatic amines is 1. The van der Waals surface area contributed by atoms with Gasteiger partial charge in [0.05, 0.1) is 0 Å². The summed E-state index contributed by atoms with van der Waals surface area (Å²) in [5.41, 5.74) is 4.56. The van der Waals surface area contributed by atoms with Crippen LogP contribution in [0.15, 0.2) is 27.5 Å².